The first-order valence-electron chi connectivity index (χ1n) is 2.77. The van der Waals surface area contributed by atoms with E-state index >= 15 is 0 Å². The first-order valence-corrected chi connectivity index (χ1v) is 2.77. The van der Waals surface area contributed by atoms with E-state index in [1.165, 1.54) is 0 Å². The standard InChI is InChI=1S/C6H8O5/c1-6(3-7,4(8)9)5(10)11-2/h3H,1-2H3,(H,8,9). The lowest BCUT2D eigenvalue weighted by Crippen LogP contribution is -2.38. The van der Waals surface area contributed by atoms with Crippen LogP contribution in [0.5, 0.6) is 0 Å². The van der Waals surface area contributed by atoms with Crippen LogP contribution in [0.4, 0.5) is 0 Å². The van der Waals surface area contributed by atoms with Crippen LogP contribution in [0.1, 0.15) is 6.92 Å². The Bertz CT molecular complexity index is 197. The molecule has 0 rings (SSSR count). The molecule has 0 saturated heterocycles. The lowest BCUT2D eigenvalue weighted by atomic mass is 9.93. The largest absolute Gasteiger partial charge is 0.480 e. The molecule has 0 aliphatic rings. The van der Waals surface area contributed by atoms with Gasteiger partial charge in [0.15, 0.2) is 0 Å². The number of aliphatic carboxylic acids is 1. The van der Waals surface area contributed by atoms with E-state index in [9.17, 15) is 14.4 Å². The Balaban J connectivity index is 4.74. The van der Waals surface area contributed by atoms with Gasteiger partial charge in [0.05, 0.1) is 7.11 Å². The van der Waals surface area contributed by atoms with Crippen LogP contribution in [0.25, 0.3) is 0 Å². The third-order valence-electron chi connectivity index (χ3n) is 1.29. The predicted octanol–water partition coefficient (Wildman–Crippen LogP) is -0.551. The van der Waals surface area contributed by atoms with Crippen molar-refractivity contribution in [1.29, 1.82) is 0 Å². The normalized spacial score (nSPS) is 14.7. The first kappa shape index (κ1) is 9.61. The molecule has 0 saturated carbocycles. The highest BCUT2D eigenvalue weighted by molar-refractivity contribution is 6.12. The van der Waals surface area contributed by atoms with E-state index in [1.807, 2.05) is 0 Å². The molecule has 1 atom stereocenters. The van der Waals surface area contributed by atoms with E-state index in [0.29, 0.717) is 0 Å². The van der Waals surface area contributed by atoms with Crippen molar-refractivity contribution < 1.29 is 24.2 Å². The van der Waals surface area contributed by atoms with Crippen molar-refractivity contribution in [3.63, 3.8) is 0 Å². The van der Waals surface area contributed by atoms with Crippen LogP contribution >= 0.6 is 0 Å². The van der Waals surface area contributed by atoms with Crippen molar-refractivity contribution in [2.24, 2.45) is 5.41 Å². The second-order valence-corrected chi connectivity index (χ2v) is 2.12. The van der Waals surface area contributed by atoms with Gasteiger partial charge >= 0.3 is 11.9 Å². The Morgan fingerprint density at radius 3 is 2.09 bits per heavy atom. The smallest absolute Gasteiger partial charge is 0.330 e. The van der Waals surface area contributed by atoms with Crippen LogP contribution in [-0.4, -0.2) is 30.4 Å². The van der Waals surface area contributed by atoms with Gasteiger partial charge in [0, 0.05) is 0 Å². The highest BCUT2D eigenvalue weighted by Crippen LogP contribution is 2.14. The van der Waals surface area contributed by atoms with Crippen LogP contribution in [0.2, 0.25) is 0 Å². The number of aldehydes is 1. The minimum absolute atomic E-state index is 0.0428. The summed E-state index contributed by atoms with van der Waals surface area (Å²) in [6.07, 6.45) is 0.0428. The molecule has 5 heteroatoms. The van der Waals surface area contributed by atoms with E-state index in [4.69, 9.17) is 5.11 Å². The molecule has 0 aromatic heterocycles. The summed E-state index contributed by atoms with van der Waals surface area (Å²) in [5, 5.41) is 8.40. The predicted molar refractivity (Wildman–Crippen MR) is 33.8 cm³/mol. The zero-order chi connectivity index (χ0) is 9.07. The van der Waals surface area contributed by atoms with Crippen LogP contribution in [0, 0.1) is 5.41 Å². The van der Waals surface area contributed by atoms with Crippen LogP contribution in [0.15, 0.2) is 0 Å². The summed E-state index contributed by atoms with van der Waals surface area (Å²) in [6.45, 7) is 0.980. The minimum atomic E-state index is -2.07. The summed E-state index contributed by atoms with van der Waals surface area (Å²) in [7, 11) is 1.02. The molecule has 0 fully saturated rings. The second-order valence-electron chi connectivity index (χ2n) is 2.12. The molecule has 5 nitrogen and oxygen atoms in total. The zero-order valence-electron chi connectivity index (χ0n) is 6.16. The van der Waals surface area contributed by atoms with Crippen LogP contribution in [0.3, 0.4) is 0 Å². The average Bonchev–Trinajstić information content (AvgIpc) is 2.01. The Hall–Kier alpha value is -1.39. The Morgan fingerprint density at radius 1 is 1.55 bits per heavy atom. The van der Waals surface area contributed by atoms with Gasteiger partial charge in [-0.2, -0.15) is 0 Å². The fourth-order valence-corrected chi connectivity index (χ4v) is 0.398. The van der Waals surface area contributed by atoms with E-state index in [2.05, 4.69) is 4.74 Å². The molecule has 0 aliphatic carbocycles. The monoisotopic (exact) mass is 160 g/mol. The van der Waals surface area contributed by atoms with E-state index in [0.717, 1.165) is 14.0 Å². The molecule has 11 heavy (non-hydrogen) atoms. The van der Waals surface area contributed by atoms with E-state index in [-0.39, 0.29) is 6.29 Å². The van der Waals surface area contributed by atoms with Crippen molar-refractivity contribution in [3.8, 4) is 0 Å². The quantitative estimate of drug-likeness (QED) is 0.340. The Kier molecular flexibility index (Phi) is 2.74. The molecule has 1 N–H and O–H groups in total. The summed E-state index contributed by atoms with van der Waals surface area (Å²) in [5.74, 6) is -2.58. The van der Waals surface area contributed by atoms with Gasteiger partial charge in [-0.15, -0.1) is 0 Å². The molecule has 0 heterocycles. The molecule has 0 bridgehead atoms. The van der Waals surface area contributed by atoms with Crippen molar-refractivity contribution in [1.82, 2.24) is 0 Å². The van der Waals surface area contributed by atoms with Gasteiger partial charge in [0.25, 0.3) is 0 Å². The number of hydrogen-bond acceptors (Lipinski definition) is 4. The molecule has 0 aliphatic heterocycles. The topological polar surface area (TPSA) is 80.7 Å². The number of carbonyl (C=O) groups is 3. The Morgan fingerprint density at radius 2 is 2.00 bits per heavy atom. The number of carboxylic acids is 1. The van der Waals surface area contributed by atoms with Gasteiger partial charge < -0.3 is 14.6 Å². The minimum Gasteiger partial charge on any atom is -0.480 e. The highest BCUT2D eigenvalue weighted by Gasteiger charge is 2.42. The van der Waals surface area contributed by atoms with Gasteiger partial charge in [0.1, 0.15) is 6.29 Å². The number of esters is 1. The molecule has 0 aromatic carbocycles. The summed E-state index contributed by atoms with van der Waals surface area (Å²) in [5.41, 5.74) is -2.07. The molecule has 0 radical (unpaired) electrons. The molecule has 1 unspecified atom stereocenters. The summed E-state index contributed by atoms with van der Waals surface area (Å²) >= 11 is 0. The molecule has 0 amide bonds. The maximum absolute atomic E-state index is 10.7. The zero-order valence-corrected chi connectivity index (χ0v) is 6.16. The van der Waals surface area contributed by atoms with E-state index < -0.39 is 17.4 Å². The second kappa shape index (κ2) is 3.14. The third-order valence-corrected chi connectivity index (χ3v) is 1.29. The van der Waals surface area contributed by atoms with Crippen LogP contribution < -0.4 is 0 Å². The van der Waals surface area contributed by atoms with Gasteiger partial charge in [-0.3, -0.25) is 9.59 Å². The fraction of sp³-hybridized carbons (Fsp3) is 0.500. The highest BCUT2D eigenvalue weighted by atomic mass is 16.5. The third kappa shape index (κ3) is 1.54. The van der Waals surface area contributed by atoms with Crippen molar-refractivity contribution in [2.75, 3.05) is 7.11 Å². The van der Waals surface area contributed by atoms with Gasteiger partial charge in [-0.25, -0.2) is 0 Å². The lowest BCUT2D eigenvalue weighted by Gasteiger charge is -2.13. The van der Waals surface area contributed by atoms with Gasteiger partial charge in [-0.05, 0) is 6.92 Å². The van der Waals surface area contributed by atoms with Crippen LogP contribution in [-0.2, 0) is 19.1 Å². The van der Waals surface area contributed by atoms with Gasteiger partial charge in [0.2, 0.25) is 5.41 Å². The number of methoxy groups -OCH3 is 1. The number of ether oxygens (including phenoxy) is 1. The molecule has 0 aromatic rings. The van der Waals surface area contributed by atoms with Crippen molar-refractivity contribution >= 4 is 18.2 Å². The average molecular weight is 160 g/mol. The molecular formula is C6H8O5. The molecular weight excluding hydrogens is 152 g/mol. The first-order chi connectivity index (χ1) is 4.99. The number of carbonyl (C=O) groups excluding carboxylic acids is 2. The SMILES string of the molecule is COC(=O)C(C)(C=O)C(=O)O. The molecule has 62 valence electrons. The maximum Gasteiger partial charge on any atom is 0.330 e. The van der Waals surface area contributed by atoms with Gasteiger partial charge in [-0.1, -0.05) is 0 Å². The van der Waals surface area contributed by atoms with Crippen molar-refractivity contribution in [2.45, 2.75) is 6.92 Å². The Labute approximate surface area is 63.0 Å². The summed E-state index contributed by atoms with van der Waals surface area (Å²) < 4.78 is 4.12. The number of carboxylic acid groups (broad SMARTS) is 1. The number of rotatable bonds is 3. The lowest BCUT2D eigenvalue weighted by molar-refractivity contribution is -0.165. The van der Waals surface area contributed by atoms with Crippen molar-refractivity contribution in [3.05, 3.63) is 0 Å². The maximum atomic E-state index is 10.7. The summed E-state index contributed by atoms with van der Waals surface area (Å²) in [6, 6.07) is 0. The fourth-order valence-electron chi connectivity index (χ4n) is 0.398. The van der Waals surface area contributed by atoms with E-state index in [1.54, 1.807) is 0 Å². The number of hydrogen-bond donors (Lipinski definition) is 1. The summed E-state index contributed by atoms with van der Waals surface area (Å²) in [4.78, 5) is 31.2. The molecule has 0 spiro atoms.